The third-order valence-electron chi connectivity index (χ3n) is 2.79. The van der Waals surface area contributed by atoms with Crippen molar-refractivity contribution in [3.05, 3.63) is 58.6 Å². The third kappa shape index (κ3) is 3.53. The minimum absolute atomic E-state index is 0.0654. The molecule has 0 aromatic heterocycles. The summed E-state index contributed by atoms with van der Waals surface area (Å²) in [6.45, 7) is 2.19. The summed E-state index contributed by atoms with van der Waals surface area (Å²) >= 11 is 0. The van der Waals surface area contributed by atoms with Gasteiger partial charge in [0.15, 0.2) is 0 Å². The molecule has 0 fully saturated rings. The summed E-state index contributed by atoms with van der Waals surface area (Å²) in [6.07, 6.45) is 0. The second-order valence-corrected chi connectivity index (χ2v) is 5.97. The van der Waals surface area contributed by atoms with Crippen LogP contribution in [0.2, 0.25) is 0 Å². The number of nitrogens with zero attached hydrogens (tertiary/aromatic N) is 1. The van der Waals surface area contributed by atoms with Crippen LogP contribution in [0, 0.1) is 10.1 Å². The molecule has 0 saturated carbocycles. The first-order valence-corrected chi connectivity index (χ1v) is 7.91. The molecule has 0 unspecified atom stereocenters. The van der Waals surface area contributed by atoms with Crippen molar-refractivity contribution in [1.29, 1.82) is 0 Å². The first-order valence-electron chi connectivity index (χ1n) is 6.43. The van der Waals surface area contributed by atoms with Crippen molar-refractivity contribution >= 4 is 21.4 Å². The molecule has 8 heteroatoms. The minimum Gasteiger partial charge on any atom is -0.492 e. The maximum atomic E-state index is 12.3. The van der Waals surface area contributed by atoms with Crippen LogP contribution in [-0.4, -0.2) is 19.9 Å². The van der Waals surface area contributed by atoms with E-state index in [-0.39, 0.29) is 10.6 Å². The van der Waals surface area contributed by atoms with E-state index in [0.29, 0.717) is 18.0 Å². The molecule has 0 aliphatic carbocycles. The Morgan fingerprint density at radius 2 is 1.77 bits per heavy atom. The zero-order chi connectivity index (χ0) is 16.2. The molecule has 1 N–H and O–H groups in total. The minimum atomic E-state index is -3.85. The standard InChI is InChI=1S/C14H14N2O5S/c1-2-21-14-6-4-3-5-13(14)15-22(19,20)12-9-7-11(8-10-12)16(17)18/h3-10,15H,2H2,1H3. The first kappa shape index (κ1) is 15.8. The third-order valence-corrected chi connectivity index (χ3v) is 4.17. The highest BCUT2D eigenvalue weighted by Gasteiger charge is 2.17. The molecule has 116 valence electrons. The Bertz CT molecular complexity index is 772. The molecular weight excluding hydrogens is 308 g/mol. The van der Waals surface area contributed by atoms with Crippen LogP contribution in [0.5, 0.6) is 5.75 Å². The van der Waals surface area contributed by atoms with Crippen molar-refractivity contribution in [2.45, 2.75) is 11.8 Å². The zero-order valence-corrected chi connectivity index (χ0v) is 12.5. The van der Waals surface area contributed by atoms with Crippen LogP contribution in [-0.2, 0) is 10.0 Å². The highest BCUT2D eigenvalue weighted by atomic mass is 32.2. The second-order valence-electron chi connectivity index (χ2n) is 4.29. The second kappa shape index (κ2) is 6.44. The number of hydrogen-bond donors (Lipinski definition) is 1. The number of hydrogen-bond acceptors (Lipinski definition) is 5. The molecule has 0 saturated heterocycles. The molecule has 7 nitrogen and oxygen atoms in total. The highest BCUT2D eigenvalue weighted by molar-refractivity contribution is 7.92. The van der Waals surface area contributed by atoms with Crippen molar-refractivity contribution in [1.82, 2.24) is 0 Å². The number of non-ortho nitro benzene ring substituents is 1. The van der Waals surface area contributed by atoms with Gasteiger partial charge in [-0.25, -0.2) is 8.42 Å². The maximum Gasteiger partial charge on any atom is 0.269 e. The number of nitro groups is 1. The summed E-state index contributed by atoms with van der Waals surface area (Å²) in [5.41, 5.74) is 0.136. The summed E-state index contributed by atoms with van der Waals surface area (Å²) in [5, 5.41) is 10.6. The SMILES string of the molecule is CCOc1ccccc1NS(=O)(=O)c1ccc([N+](=O)[O-])cc1. The number of para-hydroxylation sites is 2. The van der Waals surface area contributed by atoms with Gasteiger partial charge in [-0.05, 0) is 31.2 Å². The van der Waals surface area contributed by atoms with Gasteiger partial charge in [0, 0.05) is 12.1 Å². The van der Waals surface area contributed by atoms with Gasteiger partial charge in [-0.3, -0.25) is 14.8 Å². The first-order chi connectivity index (χ1) is 10.4. The fraction of sp³-hybridized carbons (Fsp3) is 0.143. The number of benzene rings is 2. The summed E-state index contributed by atoms with van der Waals surface area (Å²) in [6, 6.07) is 11.3. The number of rotatable bonds is 6. The zero-order valence-electron chi connectivity index (χ0n) is 11.7. The summed E-state index contributed by atoms with van der Waals surface area (Å²) in [4.78, 5) is 9.94. The van der Waals surface area contributed by atoms with Crippen LogP contribution in [0.15, 0.2) is 53.4 Å². The average Bonchev–Trinajstić information content (AvgIpc) is 2.49. The van der Waals surface area contributed by atoms with Crippen molar-refractivity contribution in [3.8, 4) is 5.75 Å². The molecule has 0 bridgehead atoms. The van der Waals surface area contributed by atoms with Crippen molar-refractivity contribution in [2.24, 2.45) is 0 Å². The summed E-state index contributed by atoms with van der Waals surface area (Å²) in [7, 11) is -3.85. The van der Waals surface area contributed by atoms with Gasteiger partial charge in [-0.1, -0.05) is 12.1 Å². The van der Waals surface area contributed by atoms with Gasteiger partial charge < -0.3 is 4.74 Å². The van der Waals surface area contributed by atoms with E-state index < -0.39 is 14.9 Å². The van der Waals surface area contributed by atoms with Crippen LogP contribution >= 0.6 is 0 Å². The molecule has 0 aliphatic rings. The fourth-order valence-corrected chi connectivity index (χ4v) is 2.85. The Morgan fingerprint density at radius 1 is 1.14 bits per heavy atom. The lowest BCUT2D eigenvalue weighted by molar-refractivity contribution is -0.384. The van der Waals surface area contributed by atoms with Gasteiger partial charge in [0.25, 0.3) is 15.7 Å². The molecule has 0 amide bonds. The number of anilines is 1. The maximum absolute atomic E-state index is 12.3. The van der Waals surface area contributed by atoms with Gasteiger partial charge in [-0.15, -0.1) is 0 Å². The van der Waals surface area contributed by atoms with Crippen LogP contribution in [0.3, 0.4) is 0 Å². The average molecular weight is 322 g/mol. The molecule has 2 rings (SSSR count). The van der Waals surface area contributed by atoms with Crippen LogP contribution in [0.25, 0.3) is 0 Å². The molecule has 2 aromatic carbocycles. The van der Waals surface area contributed by atoms with Gasteiger partial charge >= 0.3 is 0 Å². The fourth-order valence-electron chi connectivity index (χ4n) is 1.78. The lowest BCUT2D eigenvalue weighted by Gasteiger charge is -2.12. The number of nitro benzene ring substituents is 1. The Labute approximate surface area is 127 Å². The van der Waals surface area contributed by atoms with E-state index in [1.807, 2.05) is 0 Å². The predicted octanol–water partition coefficient (Wildman–Crippen LogP) is 2.79. The summed E-state index contributed by atoms with van der Waals surface area (Å²) in [5.74, 6) is 0.412. The van der Waals surface area contributed by atoms with Crippen LogP contribution < -0.4 is 9.46 Å². The molecule has 0 spiro atoms. The largest absolute Gasteiger partial charge is 0.492 e. The van der Waals surface area contributed by atoms with Gasteiger partial charge in [0.05, 0.1) is 22.1 Å². The van der Waals surface area contributed by atoms with E-state index in [1.165, 1.54) is 12.1 Å². The van der Waals surface area contributed by atoms with Gasteiger partial charge in [0.2, 0.25) is 0 Å². The molecule has 0 atom stereocenters. The molecule has 0 radical (unpaired) electrons. The monoisotopic (exact) mass is 322 g/mol. The van der Waals surface area contributed by atoms with E-state index in [4.69, 9.17) is 4.74 Å². The van der Waals surface area contributed by atoms with E-state index in [2.05, 4.69) is 4.72 Å². The van der Waals surface area contributed by atoms with E-state index in [9.17, 15) is 18.5 Å². The Kier molecular flexibility index (Phi) is 4.62. The number of nitrogens with one attached hydrogen (secondary N) is 1. The van der Waals surface area contributed by atoms with Crippen molar-refractivity contribution < 1.29 is 18.1 Å². The van der Waals surface area contributed by atoms with Crippen LogP contribution in [0.4, 0.5) is 11.4 Å². The van der Waals surface area contributed by atoms with E-state index in [0.717, 1.165) is 12.1 Å². The van der Waals surface area contributed by atoms with E-state index >= 15 is 0 Å². The van der Waals surface area contributed by atoms with Gasteiger partial charge in [-0.2, -0.15) is 0 Å². The molecule has 2 aromatic rings. The number of sulfonamides is 1. The Balaban J connectivity index is 2.30. The molecule has 0 heterocycles. The summed E-state index contributed by atoms with van der Waals surface area (Å²) < 4.78 is 32.4. The number of ether oxygens (including phenoxy) is 1. The van der Waals surface area contributed by atoms with Crippen LogP contribution in [0.1, 0.15) is 6.92 Å². The highest BCUT2D eigenvalue weighted by Crippen LogP contribution is 2.27. The quantitative estimate of drug-likeness (QED) is 0.651. The molecular formula is C14H14N2O5S. The molecule has 22 heavy (non-hydrogen) atoms. The molecule has 0 aliphatic heterocycles. The van der Waals surface area contributed by atoms with Gasteiger partial charge in [0.1, 0.15) is 5.75 Å². The lowest BCUT2D eigenvalue weighted by Crippen LogP contribution is -2.13. The van der Waals surface area contributed by atoms with Crippen molar-refractivity contribution in [2.75, 3.05) is 11.3 Å². The smallest absolute Gasteiger partial charge is 0.269 e. The topological polar surface area (TPSA) is 98.5 Å². The van der Waals surface area contributed by atoms with Crippen molar-refractivity contribution in [3.63, 3.8) is 0 Å². The van der Waals surface area contributed by atoms with E-state index in [1.54, 1.807) is 31.2 Å². The lowest BCUT2D eigenvalue weighted by atomic mass is 10.3. The normalized spacial score (nSPS) is 11.0. The predicted molar refractivity (Wildman–Crippen MR) is 81.5 cm³/mol. The Hall–Kier alpha value is -2.61. The Morgan fingerprint density at radius 3 is 2.36 bits per heavy atom.